The molecule has 0 fully saturated rings. The zero-order valence-corrected chi connectivity index (χ0v) is 10.8. The molecule has 2 rings (SSSR count). The van der Waals surface area contributed by atoms with Crippen LogP contribution in [0.1, 0.15) is 0 Å². The monoisotopic (exact) mass is 282 g/mol. The Balaban J connectivity index is 2.24. The number of nitrogens with two attached hydrogens (primary N) is 2. The van der Waals surface area contributed by atoms with Crippen molar-refractivity contribution in [3.8, 4) is 0 Å². The molecule has 8 heteroatoms. The van der Waals surface area contributed by atoms with Gasteiger partial charge in [-0.1, -0.05) is 0 Å². The summed E-state index contributed by atoms with van der Waals surface area (Å²) in [5.41, 5.74) is 6.28. The second-order valence-corrected chi connectivity index (χ2v) is 5.95. The Hall–Kier alpha value is -1.64. The summed E-state index contributed by atoms with van der Waals surface area (Å²) in [5.74, 6) is 0. The molecule has 0 bridgehead atoms. The minimum atomic E-state index is -3.71. The first-order valence-electron chi connectivity index (χ1n) is 4.84. The van der Waals surface area contributed by atoms with Gasteiger partial charge in [-0.2, -0.15) is 0 Å². The van der Waals surface area contributed by atoms with Gasteiger partial charge in [-0.25, -0.2) is 23.5 Å². The Morgan fingerprint density at radius 2 is 1.94 bits per heavy atom. The van der Waals surface area contributed by atoms with Gasteiger partial charge in [0.15, 0.2) is 0 Å². The number of nitrogens with zero attached hydrogens (tertiary/aromatic N) is 2. The topological polar surface area (TPSA) is 112 Å². The predicted molar refractivity (Wildman–Crippen MR) is 68.4 cm³/mol. The minimum absolute atomic E-state index is 0.0270. The Morgan fingerprint density at radius 3 is 2.50 bits per heavy atom. The molecule has 94 valence electrons. The quantitative estimate of drug-likeness (QED) is 0.863. The van der Waals surface area contributed by atoms with E-state index in [-0.39, 0.29) is 4.90 Å². The maximum atomic E-state index is 11.1. The van der Waals surface area contributed by atoms with E-state index in [0.29, 0.717) is 15.7 Å². The van der Waals surface area contributed by atoms with Gasteiger partial charge in [-0.3, -0.25) is 0 Å². The van der Waals surface area contributed by atoms with Crippen molar-refractivity contribution >= 4 is 27.5 Å². The van der Waals surface area contributed by atoms with Crippen LogP contribution in [0.3, 0.4) is 0 Å². The van der Waals surface area contributed by atoms with E-state index in [1.807, 2.05) is 0 Å². The van der Waals surface area contributed by atoms with Crippen LogP contribution in [0.2, 0.25) is 0 Å². The van der Waals surface area contributed by atoms with Crippen LogP contribution in [0.15, 0.2) is 51.6 Å². The fourth-order valence-corrected chi connectivity index (χ4v) is 2.38. The Morgan fingerprint density at radius 1 is 1.17 bits per heavy atom. The van der Waals surface area contributed by atoms with Crippen molar-refractivity contribution in [2.75, 3.05) is 5.73 Å². The van der Waals surface area contributed by atoms with E-state index in [1.54, 1.807) is 24.4 Å². The molecule has 0 atom stereocenters. The van der Waals surface area contributed by atoms with Gasteiger partial charge >= 0.3 is 0 Å². The zero-order chi connectivity index (χ0) is 13.2. The second-order valence-electron chi connectivity index (χ2n) is 3.38. The van der Waals surface area contributed by atoms with Crippen molar-refractivity contribution in [1.29, 1.82) is 0 Å². The van der Waals surface area contributed by atoms with Crippen LogP contribution in [0.25, 0.3) is 0 Å². The molecule has 0 amide bonds. The van der Waals surface area contributed by atoms with Crippen LogP contribution in [0.4, 0.5) is 5.69 Å². The lowest BCUT2D eigenvalue weighted by molar-refractivity contribution is 0.597. The molecule has 0 aliphatic heterocycles. The molecule has 4 N–H and O–H groups in total. The summed E-state index contributed by atoms with van der Waals surface area (Å²) >= 11 is 1.25. The first kappa shape index (κ1) is 12.8. The third-order valence-corrected chi connectivity index (χ3v) is 3.92. The molecule has 6 nitrogen and oxygen atoms in total. The van der Waals surface area contributed by atoms with Crippen molar-refractivity contribution in [2.24, 2.45) is 5.14 Å². The molecule has 0 aromatic carbocycles. The van der Waals surface area contributed by atoms with E-state index in [2.05, 4.69) is 9.97 Å². The van der Waals surface area contributed by atoms with Gasteiger partial charge < -0.3 is 5.73 Å². The number of nitrogen functional groups attached to an aromatic ring is 1. The van der Waals surface area contributed by atoms with E-state index in [9.17, 15) is 8.42 Å². The van der Waals surface area contributed by atoms with Crippen molar-refractivity contribution in [1.82, 2.24) is 9.97 Å². The standard InChI is InChI=1S/C10H10N4O2S2/c11-8-2-1-5-13-10(8)17-9-4-3-7(6-14-9)18(12,15)16/h1-6H,11H2,(H2,12,15,16). The number of hydrogen-bond donors (Lipinski definition) is 2. The number of anilines is 1. The number of sulfonamides is 1. The van der Waals surface area contributed by atoms with E-state index < -0.39 is 10.0 Å². The van der Waals surface area contributed by atoms with Crippen molar-refractivity contribution in [2.45, 2.75) is 14.9 Å². The van der Waals surface area contributed by atoms with Gasteiger partial charge in [-0.15, -0.1) is 0 Å². The van der Waals surface area contributed by atoms with Crippen LogP contribution in [-0.4, -0.2) is 18.4 Å². The molecule has 0 saturated carbocycles. The maximum Gasteiger partial charge on any atom is 0.239 e. The van der Waals surface area contributed by atoms with Crippen LogP contribution in [-0.2, 0) is 10.0 Å². The fourth-order valence-electron chi connectivity index (χ4n) is 1.18. The van der Waals surface area contributed by atoms with Gasteiger partial charge in [0.2, 0.25) is 10.0 Å². The molecule has 0 aliphatic carbocycles. The van der Waals surface area contributed by atoms with Gasteiger partial charge in [0.25, 0.3) is 0 Å². The molecule has 18 heavy (non-hydrogen) atoms. The number of hydrogen-bond acceptors (Lipinski definition) is 6. The minimum Gasteiger partial charge on any atom is -0.397 e. The summed E-state index contributed by atoms with van der Waals surface area (Å²) in [4.78, 5) is 8.06. The molecule has 0 spiro atoms. The molecule has 2 aromatic rings. The summed E-state index contributed by atoms with van der Waals surface area (Å²) in [6, 6.07) is 6.41. The molecule has 0 aliphatic rings. The van der Waals surface area contributed by atoms with E-state index >= 15 is 0 Å². The first-order valence-corrected chi connectivity index (χ1v) is 7.20. The van der Waals surface area contributed by atoms with Gasteiger partial charge in [0.05, 0.1) is 5.69 Å². The zero-order valence-electron chi connectivity index (χ0n) is 9.15. The summed E-state index contributed by atoms with van der Waals surface area (Å²) in [6.45, 7) is 0. The fraction of sp³-hybridized carbons (Fsp3) is 0. The SMILES string of the molecule is Nc1cccnc1Sc1ccc(S(N)(=O)=O)cn1. The Labute approximate surface area is 108 Å². The summed E-state index contributed by atoms with van der Waals surface area (Å²) in [5, 5.41) is 6.19. The predicted octanol–water partition coefficient (Wildman–Crippen LogP) is 0.857. The van der Waals surface area contributed by atoms with Crippen LogP contribution < -0.4 is 10.9 Å². The Kier molecular flexibility index (Phi) is 3.50. The normalized spacial score (nSPS) is 11.4. The molecule has 0 unspecified atom stereocenters. The first-order chi connectivity index (χ1) is 8.47. The third-order valence-electron chi connectivity index (χ3n) is 2.04. The number of primary sulfonamides is 1. The van der Waals surface area contributed by atoms with E-state index in [4.69, 9.17) is 10.9 Å². The molecular weight excluding hydrogens is 272 g/mol. The number of rotatable bonds is 3. The van der Waals surface area contributed by atoms with Gasteiger partial charge in [-0.05, 0) is 36.0 Å². The van der Waals surface area contributed by atoms with Crippen molar-refractivity contribution in [3.63, 3.8) is 0 Å². The maximum absolute atomic E-state index is 11.1. The van der Waals surface area contributed by atoms with Gasteiger partial charge in [0.1, 0.15) is 14.9 Å². The smallest absolute Gasteiger partial charge is 0.239 e. The second kappa shape index (κ2) is 4.92. The molecule has 2 heterocycles. The highest BCUT2D eigenvalue weighted by molar-refractivity contribution is 7.99. The Bertz CT molecular complexity index is 656. The van der Waals surface area contributed by atoms with Crippen molar-refractivity contribution in [3.05, 3.63) is 36.7 Å². The number of pyridine rings is 2. The van der Waals surface area contributed by atoms with Crippen LogP contribution in [0.5, 0.6) is 0 Å². The average molecular weight is 282 g/mol. The summed E-state index contributed by atoms with van der Waals surface area (Å²) in [6.07, 6.45) is 2.83. The van der Waals surface area contributed by atoms with Crippen LogP contribution in [0, 0.1) is 0 Å². The largest absolute Gasteiger partial charge is 0.397 e. The lowest BCUT2D eigenvalue weighted by atomic mass is 10.4. The lowest BCUT2D eigenvalue weighted by Crippen LogP contribution is -2.12. The highest BCUT2D eigenvalue weighted by Crippen LogP contribution is 2.28. The highest BCUT2D eigenvalue weighted by Gasteiger charge is 2.09. The highest BCUT2D eigenvalue weighted by atomic mass is 32.2. The molecule has 2 aromatic heterocycles. The summed E-state index contributed by atoms with van der Waals surface area (Å²) < 4.78 is 22.1. The number of aromatic nitrogens is 2. The van der Waals surface area contributed by atoms with E-state index in [0.717, 1.165) is 0 Å². The van der Waals surface area contributed by atoms with E-state index in [1.165, 1.54) is 24.0 Å². The van der Waals surface area contributed by atoms with Crippen molar-refractivity contribution < 1.29 is 8.42 Å². The van der Waals surface area contributed by atoms with Gasteiger partial charge in [0, 0.05) is 12.4 Å². The molecule has 0 saturated heterocycles. The lowest BCUT2D eigenvalue weighted by Gasteiger charge is -2.03. The molecule has 0 radical (unpaired) electrons. The summed E-state index contributed by atoms with van der Waals surface area (Å²) in [7, 11) is -3.71. The third kappa shape index (κ3) is 2.97. The molecular formula is C10H10N4O2S2. The van der Waals surface area contributed by atoms with Crippen LogP contribution >= 0.6 is 11.8 Å². The average Bonchev–Trinajstić information content (AvgIpc) is 2.32.